The van der Waals surface area contributed by atoms with Gasteiger partial charge in [0.05, 0.1) is 24.6 Å². The second-order valence-electron chi connectivity index (χ2n) is 12.1. The topological polar surface area (TPSA) is 47.4 Å². The molecule has 3 aromatic rings. The highest BCUT2D eigenvalue weighted by Crippen LogP contribution is 2.49. The van der Waals surface area contributed by atoms with Crippen molar-refractivity contribution in [2.75, 3.05) is 26.3 Å². The van der Waals surface area contributed by atoms with E-state index in [4.69, 9.17) is 9.84 Å². The van der Waals surface area contributed by atoms with E-state index in [1.54, 1.807) is 0 Å². The number of hydrogen-bond acceptors (Lipinski definition) is 3. The maximum Gasteiger partial charge on any atom is 0.254 e. The van der Waals surface area contributed by atoms with Crippen LogP contribution in [0, 0.1) is 0 Å². The number of rotatable bonds is 2. The molecule has 5 nitrogen and oxygen atoms in total. The minimum absolute atomic E-state index is 0.0807. The SMILES string of the molecule is Cn1nc(-c2ccc(C(=O)N3CCOCC3)cc2)c2c1-c1cc3c(cc1CC2)C(C)(C)CCC3(C)C. The van der Waals surface area contributed by atoms with Gasteiger partial charge in [-0.2, -0.15) is 5.10 Å². The molecule has 2 aromatic carbocycles. The van der Waals surface area contributed by atoms with E-state index in [1.807, 2.05) is 17.0 Å². The highest BCUT2D eigenvalue weighted by atomic mass is 16.5. The molecule has 6 rings (SSSR count). The van der Waals surface area contributed by atoms with Gasteiger partial charge < -0.3 is 9.64 Å². The molecule has 0 saturated carbocycles. The molecule has 0 N–H and O–H groups in total. The number of aromatic nitrogens is 2. The lowest BCUT2D eigenvalue weighted by atomic mass is 9.62. The Morgan fingerprint density at radius 3 is 2.22 bits per heavy atom. The number of morpholine rings is 1. The third-order valence-electron chi connectivity index (χ3n) is 8.82. The van der Waals surface area contributed by atoms with Crippen LogP contribution in [-0.2, 0) is 35.5 Å². The molecule has 0 bridgehead atoms. The minimum atomic E-state index is 0.0807. The monoisotopic (exact) mass is 483 g/mol. The summed E-state index contributed by atoms with van der Waals surface area (Å²) in [6.07, 6.45) is 4.47. The third-order valence-corrected chi connectivity index (χ3v) is 8.82. The van der Waals surface area contributed by atoms with E-state index in [-0.39, 0.29) is 16.7 Å². The Kier molecular flexibility index (Phi) is 5.42. The lowest BCUT2D eigenvalue weighted by Crippen LogP contribution is -2.40. The van der Waals surface area contributed by atoms with E-state index < -0.39 is 0 Å². The molecule has 2 aliphatic carbocycles. The van der Waals surface area contributed by atoms with E-state index in [2.05, 4.69) is 63.7 Å². The van der Waals surface area contributed by atoms with E-state index >= 15 is 0 Å². The zero-order valence-electron chi connectivity index (χ0n) is 22.3. The fraction of sp³-hybridized carbons (Fsp3) is 0.484. The third kappa shape index (κ3) is 3.71. The summed E-state index contributed by atoms with van der Waals surface area (Å²) in [5.74, 6) is 0.0807. The van der Waals surface area contributed by atoms with Gasteiger partial charge in [-0.25, -0.2) is 0 Å². The zero-order chi connectivity index (χ0) is 25.2. The van der Waals surface area contributed by atoms with E-state index in [9.17, 15) is 4.79 Å². The van der Waals surface area contributed by atoms with Gasteiger partial charge in [0.15, 0.2) is 0 Å². The maximum absolute atomic E-state index is 12.9. The van der Waals surface area contributed by atoms with Gasteiger partial charge in [-0.3, -0.25) is 9.48 Å². The van der Waals surface area contributed by atoms with Crippen molar-refractivity contribution in [2.45, 2.75) is 64.2 Å². The van der Waals surface area contributed by atoms with Crippen molar-refractivity contribution in [3.05, 3.63) is 64.2 Å². The first-order valence-electron chi connectivity index (χ1n) is 13.4. The van der Waals surface area contributed by atoms with Crippen molar-refractivity contribution in [2.24, 2.45) is 7.05 Å². The fourth-order valence-corrected chi connectivity index (χ4v) is 6.44. The van der Waals surface area contributed by atoms with Crippen molar-refractivity contribution in [1.82, 2.24) is 14.7 Å². The number of aryl methyl sites for hydroxylation is 2. The quantitative estimate of drug-likeness (QED) is 0.472. The number of ether oxygens (including phenoxy) is 1. The van der Waals surface area contributed by atoms with E-state index in [0.717, 1.165) is 29.7 Å². The van der Waals surface area contributed by atoms with Crippen molar-refractivity contribution in [3.8, 4) is 22.5 Å². The molecule has 1 aliphatic heterocycles. The average Bonchev–Trinajstić information content (AvgIpc) is 3.23. The molecular formula is C31H37N3O2. The number of fused-ring (bicyclic) bond motifs is 4. The van der Waals surface area contributed by atoms with Gasteiger partial charge in [0.1, 0.15) is 0 Å². The largest absolute Gasteiger partial charge is 0.378 e. The van der Waals surface area contributed by atoms with Crippen LogP contribution in [-0.4, -0.2) is 46.9 Å². The molecule has 0 unspecified atom stereocenters. The summed E-state index contributed by atoms with van der Waals surface area (Å²) in [5.41, 5.74) is 11.7. The first kappa shape index (κ1) is 23.5. The molecule has 0 radical (unpaired) electrons. The lowest BCUT2D eigenvalue weighted by molar-refractivity contribution is 0.0303. The molecule has 1 saturated heterocycles. The maximum atomic E-state index is 12.9. The number of benzene rings is 2. The van der Waals surface area contributed by atoms with Crippen molar-refractivity contribution < 1.29 is 9.53 Å². The summed E-state index contributed by atoms with van der Waals surface area (Å²) in [4.78, 5) is 14.8. The van der Waals surface area contributed by atoms with Crippen LogP contribution in [0.4, 0.5) is 0 Å². The minimum Gasteiger partial charge on any atom is -0.378 e. The molecule has 0 spiro atoms. The van der Waals surface area contributed by atoms with Crippen LogP contribution in [0.5, 0.6) is 0 Å². The van der Waals surface area contributed by atoms with Crippen LogP contribution in [0.3, 0.4) is 0 Å². The number of carbonyl (C=O) groups excluding carboxylic acids is 1. The van der Waals surface area contributed by atoms with Gasteiger partial charge in [0.25, 0.3) is 5.91 Å². The molecule has 1 amide bonds. The summed E-state index contributed by atoms with van der Waals surface area (Å²) in [6.45, 7) is 12.1. The molecular weight excluding hydrogens is 446 g/mol. The van der Waals surface area contributed by atoms with Gasteiger partial charge in [-0.15, -0.1) is 0 Å². The summed E-state index contributed by atoms with van der Waals surface area (Å²) >= 11 is 0. The molecule has 188 valence electrons. The molecule has 0 atom stereocenters. The summed E-state index contributed by atoms with van der Waals surface area (Å²) in [7, 11) is 2.07. The molecule has 1 aromatic heterocycles. The summed E-state index contributed by atoms with van der Waals surface area (Å²) in [5, 5.41) is 5.01. The highest BCUT2D eigenvalue weighted by Gasteiger charge is 2.39. The van der Waals surface area contributed by atoms with E-state index in [0.29, 0.717) is 26.3 Å². The van der Waals surface area contributed by atoms with Crippen molar-refractivity contribution >= 4 is 5.91 Å². The number of hydrogen-bond donors (Lipinski definition) is 0. The number of carbonyl (C=O) groups is 1. The Labute approximate surface area is 214 Å². The van der Waals surface area contributed by atoms with Crippen LogP contribution in [0.2, 0.25) is 0 Å². The zero-order valence-corrected chi connectivity index (χ0v) is 22.3. The van der Waals surface area contributed by atoms with Crippen LogP contribution < -0.4 is 0 Å². The summed E-state index contributed by atoms with van der Waals surface area (Å²) in [6, 6.07) is 13.0. The second kappa shape index (κ2) is 8.31. The van der Waals surface area contributed by atoms with Gasteiger partial charge in [-0.1, -0.05) is 45.9 Å². The lowest BCUT2D eigenvalue weighted by Gasteiger charge is -2.43. The predicted octanol–water partition coefficient (Wildman–Crippen LogP) is 5.67. The Hall–Kier alpha value is -2.92. The van der Waals surface area contributed by atoms with Gasteiger partial charge in [0, 0.05) is 42.4 Å². The Morgan fingerprint density at radius 2 is 1.56 bits per heavy atom. The number of nitrogens with zero attached hydrogens (tertiary/aromatic N) is 3. The molecule has 36 heavy (non-hydrogen) atoms. The molecule has 2 heterocycles. The van der Waals surface area contributed by atoms with Crippen LogP contribution in [0.25, 0.3) is 22.5 Å². The van der Waals surface area contributed by atoms with E-state index in [1.165, 1.54) is 46.4 Å². The predicted molar refractivity (Wildman–Crippen MR) is 143 cm³/mol. The smallest absolute Gasteiger partial charge is 0.254 e. The fourth-order valence-electron chi connectivity index (χ4n) is 6.44. The average molecular weight is 484 g/mol. The Bertz CT molecular complexity index is 1340. The highest BCUT2D eigenvalue weighted by molar-refractivity contribution is 5.95. The van der Waals surface area contributed by atoms with Crippen LogP contribution in [0.1, 0.15) is 73.1 Å². The second-order valence-corrected chi connectivity index (χ2v) is 12.1. The van der Waals surface area contributed by atoms with Crippen LogP contribution >= 0.6 is 0 Å². The Balaban J connectivity index is 1.38. The van der Waals surface area contributed by atoms with Gasteiger partial charge in [0.2, 0.25) is 0 Å². The normalized spacial score (nSPS) is 19.9. The van der Waals surface area contributed by atoms with Gasteiger partial charge >= 0.3 is 0 Å². The van der Waals surface area contributed by atoms with Gasteiger partial charge in [-0.05, 0) is 71.4 Å². The Morgan fingerprint density at radius 1 is 0.917 bits per heavy atom. The summed E-state index contributed by atoms with van der Waals surface area (Å²) < 4.78 is 7.46. The van der Waals surface area contributed by atoms with Crippen LogP contribution in [0.15, 0.2) is 36.4 Å². The molecule has 5 heteroatoms. The standard InChI is InChI=1S/C31H37N3O2/c1-30(2)12-13-31(3,4)26-19-24-22(18-25(26)30)10-11-23-27(32-33(5)28(23)24)20-6-8-21(9-7-20)29(35)34-14-16-36-17-15-34/h6-9,18-19H,10-17H2,1-5H3. The first-order chi connectivity index (χ1) is 17.2. The van der Waals surface area contributed by atoms with Crippen molar-refractivity contribution in [3.63, 3.8) is 0 Å². The van der Waals surface area contributed by atoms with Crippen molar-refractivity contribution in [1.29, 1.82) is 0 Å². The number of amides is 1. The first-order valence-corrected chi connectivity index (χ1v) is 13.4. The molecule has 3 aliphatic rings. The molecule has 1 fully saturated rings.